The normalized spacial score (nSPS) is 21.1. The van der Waals surface area contributed by atoms with Crippen LogP contribution in [0.15, 0.2) is 24.3 Å². The van der Waals surface area contributed by atoms with E-state index < -0.39 is 0 Å². The Kier molecular flexibility index (Phi) is 4.22. The molecule has 1 aromatic carbocycles. The number of anilines is 1. The highest BCUT2D eigenvalue weighted by molar-refractivity contribution is 6.33. The predicted octanol–water partition coefficient (Wildman–Crippen LogP) is 3.85. The number of hydrogen-bond acceptors (Lipinski definition) is 2. The van der Waals surface area contributed by atoms with Crippen molar-refractivity contribution in [3.63, 3.8) is 0 Å². The van der Waals surface area contributed by atoms with Crippen molar-refractivity contribution in [2.75, 3.05) is 5.32 Å². The number of para-hydroxylation sites is 1. The molecule has 2 rings (SSSR count). The molecule has 0 bridgehead atoms. The molecule has 0 aliphatic carbocycles. The van der Waals surface area contributed by atoms with Crippen molar-refractivity contribution >= 4 is 23.3 Å². The van der Waals surface area contributed by atoms with Gasteiger partial charge in [-0.05, 0) is 52.7 Å². The Hall–Kier alpha value is -1.26. The molecular weight excluding hydrogens is 286 g/mol. The number of halogens is 1. The van der Waals surface area contributed by atoms with Gasteiger partial charge in [0, 0.05) is 17.1 Å². The number of nitrogens with zero attached hydrogens (tertiary/aromatic N) is 1. The molecule has 21 heavy (non-hydrogen) atoms. The second kappa shape index (κ2) is 5.50. The van der Waals surface area contributed by atoms with Crippen LogP contribution in [0.4, 0.5) is 10.5 Å². The molecule has 5 heteroatoms. The van der Waals surface area contributed by atoms with E-state index in [1.807, 2.05) is 17.0 Å². The molecule has 0 radical (unpaired) electrons. The van der Waals surface area contributed by atoms with Gasteiger partial charge in [-0.15, -0.1) is 0 Å². The topological polar surface area (TPSA) is 58.4 Å². The van der Waals surface area contributed by atoms with Crippen LogP contribution in [0.1, 0.15) is 40.5 Å². The summed E-state index contributed by atoms with van der Waals surface area (Å²) in [5, 5.41) is 3.46. The number of likely N-dealkylation sites (tertiary alicyclic amines) is 1. The zero-order chi connectivity index (χ0) is 15.8. The van der Waals surface area contributed by atoms with Crippen LogP contribution in [0.3, 0.4) is 0 Å². The largest absolute Gasteiger partial charge is 0.328 e. The molecule has 0 unspecified atom stereocenters. The fraction of sp³-hybridized carbons (Fsp3) is 0.562. The summed E-state index contributed by atoms with van der Waals surface area (Å²) in [5.41, 5.74) is 6.18. The molecule has 4 nitrogen and oxygen atoms in total. The van der Waals surface area contributed by atoms with E-state index in [2.05, 4.69) is 33.0 Å². The van der Waals surface area contributed by atoms with Crippen LogP contribution in [-0.4, -0.2) is 28.1 Å². The van der Waals surface area contributed by atoms with Gasteiger partial charge < -0.3 is 16.0 Å². The van der Waals surface area contributed by atoms with Crippen molar-refractivity contribution in [1.82, 2.24) is 4.90 Å². The zero-order valence-corrected chi connectivity index (χ0v) is 13.9. The van der Waals surface area contributed by atoms with E-state index in [1.54, 1.807) is 12.1 Å². The van der Waals surface area contributed by atoms with Crippen molar-refractivity contribution in [1.29, 1.82) is 0 Å². The van der Waals surface area contributed by atoms with E-state index in [9.17, 15) is 4.79 Å². The Balaban J connectivity index is 2.26. The number of piperidine rings is 1. The molecule has 1 aromatic rings. The number of amides is 2. The van der Waals surface area contributed by atoms with Gasteiger partial charge in [-0.1, -0.05) is 23.7 Å². The highest BCUT2D eigenvalue weighted by atomic mass is 35.5. The summed E-state index contributed by atoms with van der Waals surface area (Å²) < 4.78 is 0. The molecule has 1 aliphatic heterocycles. The predicted molar refractivity (Wildman–Crippen MR) is 87.7 cm³/mol. The fourth-order valence-corrected chi connectivity index (χ4v) is 3.82. The monoisotopic (exact) mass is 309 g/mol. The summed E-state index contributed by atoms with van der Waals surface area (Å²) in [4.78, 5) is 14.7. The fourth-order valence-electron chi connectivity index (χ4n) is 3.64. The van der Waals surface area contributed by atoms with Crippen LogP contribution in [0.25, 0.3) is 0 Å². The number of benzene rings is 1. The molecule has 2 amide bonds. The van der Waals surface area contributed by atoms with Crippen molar-refractivity contribution in [3.8, 4) is 0 Å². The van der Waals surface area contributed by atoms with Gasteiger partial charge in [0.2, 0.25) is 0 Å². The summed E-state index contributed by atoms with van der Waals surface area (Å²) in [6, 6.07) is 7.23. The number of carbonyl (C=O) groups is 1. The van der Waals surface area contributed by atoms with Crippen molar-refractivity contribution in [3.05, 3.63) is 29.3 Å². The molecule has 1 saturated heterocycles. The minimum atomic E-state index is -0.299. The first-order valence-electron chi connectivity index (χ1n) is 7.25. The molecule has 1 aliphatic rings. The van der Waals surface area contributed by atoms with Gasteiger partial charge in [-0.25, -0.2) is 4.79 Å². The van der Waals surface area contributed by atoms with E-state index in [0.29, 0.717) is 10.7 Å². The van der Waals surface area contributed by atoms with Crippen LogP contribution in [0.5, 0.6) is 0 Å². The highest BCUT2D eigenvalue weighted by Crippen LogP contribution is 2.38. The van der Waals surface area contributed by atoms with Crippen molar-refractivity contribution in [2.45, 2.75) is 57.7 Å². The molecule has 0 saturated carbocycles. The smallest absolute Gasteiger partial charge is 0.322 e. The average Bonchev–Trinajstić information content (AvgIpc) is 2.27. The molecule has 0 atom stereocenters. The van der Waals surface area contributed by atoms with E-state index in [4.69, 9.17) is 17.3 Å². The van der Waals surface area contributed by atoms with Crippen LogP contribution in [-0.2, 0) is 0 Å². The van der Waals surface area contributed by atoms with Gasteiger partial charge >= 0.3 is 6.03 Å². The lowest BCUT2D eigenvalue weighted by atomic mass is 9.77. The van der Waals surface area contributed by atoms with Crippen LogP contribution in [0, 0.1) is 0 Å². The minimum absolute atomic E-state index is 0.111. The third kappa shape index (κ3) is 3.33. The first kappa shape index (κ1) is 16.1. The van der Waals surface area contributed by atoms with Gasteiger partial charge in [0.05, 0.1) is 10.7 Å². The number of nitrogens with one attached hydrogen (secondary N) is 1. The number of hydrogen-bond donors (Lipinski definition) is 2. The lowest BCUT2D eigenvalue weighted by Gasteiger charge is -2.54. The maximum absolute atomic E-state index is 12.8. The Morgan fingerprint density at radius 2 is 1.76 bits per heavy atom. The summed E-state index contributed by atoms with van der Waals surface area (Å²) in [6.45, 7) is 8.22. The first-order valence-corrected chi connectivity index (χ1v) is 7.63. The van der Waals surface area contributed by atoms with Crippen molar-refractivity contribution in [2.24, 2.45) is 5.73 Å². The Bertz CT molecular complexity index is 524. The molecule has 0 spiro atoms. The number of carbonyl (C=O) groups excluding carboxylic acids is 1. The van der Waals surface area contributed by atoms with E-state index in [0.717, 1.165) is 12.8 Å². The van der Waals surface area contributed by atoms with Gasteiger partial charge in [0.25, 0.3) is 0 Å². The third-order valence-electron chi connectivity index (χ3n) is 4.05. The van der Waals surface area contributed by atoms with Crippen LogP contribution in [0.2, 0.25) is 5.02 Å². The van der Waals surface area contributed by atoms with Gasteiger partial charge in [0.15, 0.2) is 0 Å². The first-order chi connectivity index (χ1) is 9.63. The lowest BCUT2D eigenvalue weighted by molar-refractivity contribution is 0.00877. The highest BCUT2D eigenvalue weighted by Gasteiger charge is 2.47. The number of urea groups is 1. The molecule has 3 N–H and O–H groups in total. The summed E-state index contributed by atoms with van der Waals surface area (Å²) >= 11 is 6.12. The molecule has 1 fully saturated rings. The standard InChI is InChI=1S/C16H24ClN3O/c1-15(2)9-11(18)10-16(3,4)20(15)14(21)19-13-8-6-5-7-12(13)17/h5-8,11H,9-10,18H2,1-4H3,(H,19,21). The second-order valence-corrected chi connectivity index (χ2v) is 7.45. The van der Waals surface area contributed by atoms with Crippen LogP contribution < -0.4 is 11.1 Å². The summed E-state index contributed by atoms with van der Waals surface area (Å²) in [6.07, 6.45) is 1.57. The third-order valence-corrected chi connectivity index (χ3v) is 4.38. The second-order valence-electron chi connectivity index (χ2n) is 7.04. The SMILES string of the molecule is CC1(C)CC(N)CC(C)(C)N1C(=O)Nc1ccccc1Cl. The maximum atomic E-state index is 12.8. The summed E-state index contributed by atoms with van der Waals surface area (Å²) in [7, 11) is 0. The number of nitrogens with two attached hydrogens (primary N) is 1. The molecule has 1 heterocycles. The van der Waals surface area contributed by atoms with Crippen molar-refractivity contribution < 1.29 is 4.79 Å². The lowest BCUT2D eigenvalue weighted by Crippen LogP contribution is -2.66. The van der Waals surface area contributed by atoms with Gasteiger partial charge in [0.1, 0.15) is 0 Å². The van der Waals surface area contributed by atoms with E-state index in [-0.39, 0.29) is 23.2 Å². The van der Waals surface area contributed by atoms with Gasteiger partial charge in [-0.2, -0.15) is 0 Å². The number of rotatable bonds is 1. The zero-order valence-electron chi connectivity index (χ0n) is 13.1. The molecule has 0 aromatic heterocycles. The van der Waals surface area contributed by atoms with E-state index >= 15 is 0 Å². The summed E-state index contributed by atoms with van der Waals surface area (Å²) in [5.74, 6) is 0. The van der Waals surface area contributed by atoms with Gasteiger partial charge in [-0.3, -0.25) is 0 Å². The Morgan fingerprint density at radius 1 is 1.24 bits per heavy atom. The maximum Gasteiger partial charge on any atom is 0.322 e. The van der Waals surface area contributed by atoms with E-state index in [1.165, 1.54) is 0 Å². The Morgan fingerprint density at radius 3 is 2.29 bits per heavy atom. The Labute approximate surface area is 131 Å². The average molecular weight is 310 g/mol. The molecule has 116 valence electrons. The quantitative estimate of drug-likeness (QED) is 0.827. The minimum Gasteiger partial charge on any atom is -0.328 e. The van der Waals surface area contributed by atoms with Crippen LogP contribution >= 0.6 is 11.6 Å². The molecular formula is C16H24ClN3O.